The van der Waals surface area contributed by atoms with Crippen molar-refractivity contribution in [1.29, 1.82) is 0 Å². The smallest absolute Gasteiger partial charge is 0.269 e. The van der Waals surface area contributed by atoms with Crippen LogP contribution in [0.5, 0.6) is 0 Å². The number of nitrogens with zero attached hydrogens (tertiary/aromatic N) is 3. The number of para-hydroxylation sites is 2. The molecule has 0 saturated carbocycles. The topological polar surface area (TPSA) is 61.6 Å². The molecule has 2 aromatic carbocycles. The highest BCUT2D eigenvalue weighted by molar-refractivity contribution is 5.84. The molecule has 0 amide bonds. The standard InChI is InChI=1S/C17H14N4O2/c1-19-16(12-6-8-13(9-7-12)21(22)23)11-20-15-5-3-2-4-14(15)18-10-17(19)20/h2-11,18H,1H3. The van der Waals surface area contributed by atoms with E-state index < -0.39 is 0 Å². The van der Waals surface area contributed by atoms with E-state index in [2.05, 4.69) is 21.2 Å². The molecule has 0 radical (unpaired) electrons. The van der Waals surface area contributed by atoms with Gasteiger partial charge in [-0.3, -0.25) is 15.0 Å². The molecule has 0 unspecified atom stereocenters. The van der Waals surface area contributed by atoms with Crippen LogP contribution in [0.1, 0.15) is 5.56 Å². The summed E-state index contributed by atoms with van der Waals surface area (Å²) in [6.07, 6.45) is 4.00. The predicted octanol–water partition coefficient (Wildman–Crippen LogP) is 3.57. The molecule has 114 valence electrons. The van der Waals surface area contributed by atoms with Gasteiger partial charge in [0.15, 0.2) is 0 Å². The Kier molecular flexibility index (Phi) is 2.84. The van der Waals surface area contributed by atoms with Gasteiger partial charge in [-0.2, -0.15) is 0 Å². The summed E-state index contributed by atoms with van der Waals surface area (Å²) in [5, 5.41) is 14.1. The van der Waals surface area contributed by atoms with E-state index in [1.807, 2.05) is 37.6 Å². The molecule has 4 rings (SSSR count). The second-order valence-corrected chi connectivity index (χ2v) is 5.41. The molecule has 2 aromatic rings. The van der Waals surface area contributed by atoms with Gasteiger partial charge in [-0.15, -0.1) is 0 Å². The highest BCUT2D eigenvalue weighted by atomic mass is 16.6. The maximum Gasteiger partial charge on any atom is 0.269 e. The molecule has 2 heterocycles. The van der Waals surface area contributed by atoms with E-state index in [1.54, 1.807) is 12.1 Å². The molecule has 0 fully saturated rings. The Balaban J connectivity index is 1.75. The first kappa shape index (κ1) is 13.4. The number of non-ortho nitro benzene ring substituents is 1. The van der Waals surface area contributed by atoms with E-state index in [0.717, 1.165) is 28.5 Å². The quantitative estimate of drug-likeness (QED) is 0.679. The van der Waals surface area contributed by atoms with Gasteiger partial charge in [0.2, 0.25) is 0 Å². The third kappa shape index (κ3) is 2.03. The molecule has 0 bridgehead atoms. The van der Waals surface area contributed by atoms with Crippen LogP contribution in [0.25, 0.3) is 5.70 Å². The highest BCUT2D eigenvalue weighted by Gasteiger charge is 2.29. The first-order valence-corrected chi connectivity index (χ1v) is 7.20. The molecule has 0 atom stereocenters. The van der Waals surface area contributed by atoms with Crippen LogP contribution >= 0.6 is 0 Å². The zero-order valence-corrected chi connectivity index (χ0v) is 12.4. The summed E-state index contributed by atoms with van der Waals surface area (Å²) in [5.41, 5.74) is 4.15. The van der Waals surface area contributed by atoms with Gasteiger partial charge in [-0.25, -0.2) is 0 Å². The lowest BCUT2D eigenvalue weighted by Gasteiger charge is -2.29. The van der Waals surface area contributed by atoms with E-state index in [4.69, 9.17) is 0 Å². The van der Waals surface area contributed by atoms with Crippen LogP contribution in [0.15, 0.2) is 66.8 Å². The summed E-state index contributed by atoms with van der Waals surface area (Å²) in [6, 6.07) is 14.7. The molecule has 2 aliphatic rings. The van der Waals surface area contributed by atoms with Crippen LogP contribution in [-0.2, 0) is 0 Å². The fourth-order valence-electron chi connectivity index (χ4n) is 2.89. The average molecular weight is 306 g/mol. The number of anilines is 2. The summed E-state index contributed by atoms with van der Waals surface area (Å²) < 4.78 is 0. The van der Waals surface area contributed by atoms with E-state index in [9.17, 15) is 10.1 Å². The molecule has 0 saturated heterocycles. The predicted molar refractivity (Wildman–Crippen MR) is 89.5 cm³/mol. The average Bonchev–Trinajstić information content (AvgIpc) is 2.92. The van der Waals surface area contributed by atoms with Crippen LogP contribution in [0.4, 0.5) is 17.1 Å². The summed E-state index contributed by atoms with van der Waals surface area (Å²) in [5.74, 6) is 1.01. The molecular weight excluding hydrogens is 292 g/mol. The number of hydrogen-bond donors (Lipinski definition) is 1. The lowest BCUT2D eigenvalue weighted by atomic mass is 10.1. The molecule has 0 aromatic heterocycles. The summed E-state index contributed by atoms with van der Waals surface area (Å²) in [7, 11) is 1.98. The van der Waals surface area contributed by atoms with E-state index in [1.165, 1.54) is 12.1 Å². The fraction of sp³-hybridized carbons (Fsp3) is 0.0588. The van der Waals surface area contributed by atoms with Gasteiger partial charge in [0.25, 0.3) is 5.69 Å². The van der Waals surface area contributed by atoms with Crippen molar-refractivity contribution in [2.24, 2.45) is 0 Å². The van der Waals surface area contributed by atoms with Crippen LogP contribution < -0.4 is 10.2 Å². The second kappa shape index (κ2) is 4.88. The first-order chi connectivity index (χ1) is 11.1. The van der Waals surface area contributed by atoms with Gasteiger partial charge in [-0.05, 0) is 24.3 Å². The fourth-order valence-corrected chi connectivity index (χ4v) is 2.89. The van der Waals surface area contributed by atoms with Crippen LogP contribution in [0.3, 0.4) is 0 Å². The molecular formula is C17H14N4O2. The molecule has 0 aliphatic carbocycles. The molecule has 2 aliphatic heterocycles. The monoisotopic (exact) mass is 306 g/mol. The molecule has 1 N–H and O–H groups in total. The van der Waals surface area contributed by atoms with Gasteiger partial charge < -0.3 is 10.2 Å². The minimum absolute atomic E-state index is 0.0963. The Labute approximate surface area is 133 Å². The minimum Gasteiger partial charge on any atom is -0.357 e. The van der Waals surface area contributed by atoms with Gasteiger partial charge in [-0.1, -0.05) is 12.1 Å². The highest BCUT2D eigenvalue weighted by Crippen LogP contribution is 2.40. The van der Waals surface area contributed by atoms with Crippen LogP contribution in [0, 0.1) is 10.1 Å². The lowest BCUT2D eigenvalue weighted by molar-refractivity contribution is -0.384. The zero-order chi connectivity index (χ0) is 16.0. The molecule has 6 heteroatoms. The number of hydrogen-bond acceptors (Lipinski definition) is 5. The first-order valence-electron chi connectivity index (χ1n) is 7.20. The van der Waals surface area contributed by atoms with Gasteiger partial charge in [0.1, 0.15) is 5.82 Å². The number of fused-ring (bicyclic) bond motifs is 3. The van der Waals surface area contributed by atoms with Crippen molar-refractivity contribution in [2.75, 3.05) is 17.3 Å². The summed E-state index contributed by atoms with van der Waals surface area (Å²) in [4.78, 5) is 14.6. The Morgan fingerprint density at radius 3 is 2.57 bits per heavy atom. The third-order valence-electron chi connectivity index (χ3n) is 4.10. The van der Waals surface area contributed by atoms with Crippen LogP contribution in [0.2, 0.25) is 0 Å². The van der Waals surface area contributed by atoms with E-state index in [-0.39, 0.29) is 10.6 Å². The van der Waals surface area contributed by atoms with Crippen molar-refractivity contribution >= 4 is 22.8 Å². The van der Waals surface area contributed by atoms with E-state index in [0.29, 0.717) is 0 Å². The number of rotatable bonds is 2. The van der Waals surface area contributed by atoms with E-state index >= 15 is 0 Å². The van der Waals surface area contributed by atoms with Crippen molar-refractivity contribution in [3.63, 3.8) is 0 Å². The third-order valence-corrected chi connectivity index (χ3v) is 4.10. The largest absolute Gasteiger partial charge is 0.357 e. The molecule has 23 heavy (non-hydrogen) atoms. The molecule has 0 spiro atoms. The maximum absolute atomic E-state index is 10.8. The van der Waals surface area contributed by atoms with Crippen LogP contribution in [-0.4, -0.2) is 16.9 Å². The Morgan fingerprint density at radius 1 is 1.09 bits per heavy atom. The normalized spacial score (nSPS) is 15.3. The lowest BCUT2D eigenvalue weighted by Crippen LogP contribution is -2.25. The van der Waals surface area contributed by atoms with Crippen molar-refractivity contribution in [3.05, 3.63) is 82.4 Å². The number of nitro benzene ring substituents is 1. The van der Waals surface area contributed by atoms with Gasteiger partial charge >= 0.3 is 0 Å². The van der Waals surface area contributed by atoms with Crippen molar-refractivity contribution < 1.29 is 4.92 Å². The molecule has 6 nitrogen and oxygen atoms in total. The van der Waals surface area contributed by atoms with Crippen molar-refractivity contribution in [2.45, 2.75) is 0 Å². The zero-order valence-electron chi connectivity index (χ0n) is 12.4. The van der Waals surface area contributed by atoms with Crippen molar-refractivity contribution in [1.82, 2.24) is 4.90 Å². The number of benzene rings is 2. The Hall–Kier alpha value is -3.28. The maximum atomic E-state index is 10.8. The Morgan fingerprint density at radius 2 is 1.83 bits per heavy atom. The van der Waals surface area contributed by atoms with Gasteiger partial charge in [0.05, 0.1) is 22.0 Å². The number of nitro groups is 1. The Bertz CT molecular complexity index is 855. The number of nitrogens with one attached hydrogen (secondary N) is 1. The minimum atomic E-state index is -0.386. The summed E-state index contributed by atoms with van der Waals surface area (Å²) in [6.45, 7) is 0. The van der Waals surface area contributed by atoms with Gasteiger partial charge in [0, 0.05) is 37.1 Å². The summed E-state index contributed by atoms with van der Waals surface area (Å²) >= 11 is 0. The SMILES string of the molecule is CN1C(c2ccc([N+](=O)[O-])cc2)=CN2C1=CNc1ccccc12. The second-order valence-electron chi connectivity index (χ2n) is 5.41. The van der Waals surface area contributed by atoms with Crippen molar-refractivity contribution in [3.8, 4) is 0 Å².